The maximum Gasteiger partial charge on any atom is 0.226 e. The predicted molar refractivity (Wildman–Crippen MR) is 136 cm³/mol. The molecule has 0 aliphatic carbocycles. The molecule has 1 saturated heterocycles. The second kappa shape index (κ2) is 9.99. The number of aryl methyl sites for hydroxylation is 1. The number of nitrogens with zero attached hydrogens (tertiary/aromatic N) is 3. The van der Waals surface area contributed by atoms with Crippen LogP contribution in [0.5, 0.6) is 11.5 Å². The summed E-state index contributed by atoms with van der Waals surface area (Å²) in [6.07, 6.45) is 5.30. The molecule has 0 amide bonds. The summed E-state index contributed by atoms with van der Waals surface area (Å²) in [5, 5.41) is 4.58. The monoisotopic (exact) mass is 496 g/mol. The lowest BCUT2D eigenvalue weighted by Gasteiger charge is -2.27. The zero-order valence-electron chi connectivity index (χ0n) is 20.2. The van der Waals surface area contributed by atoms with E-state index in [0.717, 1.165) is 67.9 Å². The molecule has 9 heteroatoms. The van der Waals surface area contributed by atoms with Crippen molar-refractivity contribution in [3.05, 3.63) is 48.2 Å². The van der Waals surface area contributed by atoms with Crippen LogP contribution in [-0.4, -0.2) is 63.0 Å². The zero-order valence-corrected chi connectivity index (χ0v) is 21.1. The molecule has 5 rings (SSSR count). The largest absolute Gasteiger partial charge is 0.486 e. The molecule has 3 heterocycles. The number of fused-ring (bicyclic) bond motifs is 2. The molecule has 3 aromatic rings. The normalized spacial score (nSPS) is 20.6. The van der Waals surface area contributed by atoms with Crippen molar-refractivity contribution >= 4 is 26.7 Å². The van der Waals surface area contributed by atoms with Crippen molar-refractivity contribution in [1.29, 1.82) is 0 Å². The molecule has 2 aliphatic heterocycles. The number of nitrogens with one attached hydrogen (secondary N) is 1. The predicted octanol–water partition coefficient (Wildman–Crippen LogP) is 3.52. The summed E-state index contributed by atoms with van der Waals surface area (Å²) in [5.41, 5.74) is 1.53. The second-order valence-corrected chi connectivity index (χ2v) is 11.4. The van der Waals surface area contributed by atoms with Gasteiger partial charge in [-0.2, -0.15) is 0 Å². The van der Waals surface area contributed by atoms with Crippen molar-refractivity contribution < 1.29 is 17.9 Å². The van der Waals surface area contributed by atoms with E-state index in [1.165, 1.54) is 6.26 Å². The van der Waals surface area contributed by atoms with Gasteiger partial charge in [0.25, 0.3) is 0 Å². The molecule has 2 unspecified atom stereocenters. The minimum Gasteiger partial charge on any atom is -0.486 e. The maximum absolute atomic E-state index is 12.0. The number of rotatable bonds is 6. The van der Waals surface area contributed by atoms with Crippen molar-refractivity contribution in [2.75, 3.05) is 37.4 Å². The van der Waals surface area contributed by atoms with Gasteiger partial charge in [0.15, 0.2) is 21.3 Å². The third-order valence-corrected chi connectivity index (χ3v) is 7.86. The molecule has 1 N–H and O–H groups in total. The van der Waals surface area contributed by atoms with E-state index in [0.29, 0.717) is 24.1 Å². The quantitative estimate of drug-likeness (QED) is 0.554. The molecule has 0 saturated carbocycles. The van der Waals surface area contributed by atoms with Gasteiger partial charge in [-0.3, -0.25) is 0 Å². The molecule has 0 spiro atoms. The first kappa shape index (κ1) is 23.8. The van der Waals surface area contributed by atoms with Crippen LogP contribution in [0.2, 0.25) is 0 Å². The van der Waals surface area contributed by atoms with Gasteiger partial charge in [-0.25, -0.2) is 18.4 Å². The molecule has 2 atom stereocenters. The number of sulfone groups is 1. The first-order valence-corrected chi connectivity index (χ1v) is 14.1. The first-order chi connectivity index (χ1) is 16.9. The Kier molecular flexibility index (Phi) is 6.80. The summed E-state index contributed by atoms with van der Waals surface area (Å²) in [6.45, 7) is 5.14. The molecule has 1 fully saturated rings. The summed E-state index contributed by atoms with van der Waals surface area (Å²) in [4.78, 5) is 12.0. The van der Waals surface area contributed by atoms with Crippen LogP contribution in [0.25, 0.3) is 10.9 Å². The lowest BCUT2D eigenvalue weighted by molar-refractivity contribution is 0.0842. The highest BCUT2D eigenvalue weighted by molar-refractivity contribution is 7.90. The molecule has 186 valence electrons. The lowest BCUT2D eigenvalue weighted by atomic mass is 10.1. The zero-order chi connectivity index (χ0) is 24.4. The minimum absolute atomic E-state index is 0.0606. The van der Waals surface area contributed by atoms with Gasteiger partial charge in [0.2, 0.25) is 5.95 Å². The van der Waals surface area contributed by atoms with E-state index in [1.807, 2.05) is 31.2 Å². The van der Waals surface area contributed by atoms with Gasteiger partial charge >= 0.3 is 0 Å². The molecule has 0 radical (unpaired) electrons. The van der Waals surface area contributed by atoms with E-state index < -0.39 is 9.84 Å². The van der Waals surface area contributed by atoms with E-state index in [9.17, 15) is 8.42 Å². The van der Waals surface area contributed by atoms with Crippen LogP contribution in [0.3, 0.4) is 0 Å². The standard InChI is InChI=1S/C26H32N4O4S/c1-18-22-10-9-21(35(2,31)32)16-23(22)29-26(28-18)30-14-5-6-19(12-15-30)27-13-11-20-17-33-24-7-3-4-8-25(24)34-20/h3-4,7-10,16,19-20,27H,5-6,11-15,17H2,1-2H3. The third-order valence-electron chi connectivity index (χ3n) is 6.75. The lowest BCUT2D eigenvalue weighted by Crippen LogP contribution is -2.36. The van der Waals surface area contributed by atoms with Crippen molar-refractivity contribution in [2.24, 2.45) is 0 Å². The van der Waals surface area contributed by atoms with Gasteiger partial charge < -0.3 is 19.7 Å². The Labute approximate surface area is 206 Å². The smallest absolute Gasteiger partial charge is 0.226 e. The van der Waals surface area contributed by atoms with Crippen LogP contribution >= 0.6 is 0 Å². The Morgan fingerprint density at radius 1 is 1.09 bits per heavy atom. The summed E-state index contributed by atoms with van der Waals surface area (Å²) >= 11 is 0. The van der Waals surface area contributed by atoms with Crippen LogP contribution in [0.15, 0.2) is 47.4 Å². The fourth-order valence-corrected chi connectivity index (χ4v) is 5.42. The number of para-hydroxylation sites is 2. The number of ether oxygens (including phenoxy) is 2. The van der Waals surface area contributed by atoms with Crippen LogP contribution < -0.4 is 19.7 Å². The van der Waals surface area contributed by atoms with Crippen molar-refractivity contribution in [3.8, 4) is 11.5 Å². The van der Waals surface area contributed by atoms with Crippen molar-refractivity contribution in [3.63, 3.8) is 0 Å². The molecule has 8 nitrogen and oxygen atoms in total. The van der Waals surface area contributed by atoms with E-state index in [4.69, 9.17) is 19.4 Å². The molecule has 35 heavy (non-hydrogen) atoms. The molecule has 2 aromatic carbocycles. The van der Waals surface area contributed by atoms with E-state index >= 15 is 0 Å². The Bertz CT molecular complexity index is 1310. The van der Waals surface area contributed by atoms with Crippen molar-refractivity contribution in [1.82, 2.24) is 15.3 Å². The molecule has 0 bridgehead atoms. The van der Waals surface area contributed by atoms with E-state index in [1.54, 1.807) is 18.2 Å². The third kappa shape index (κ3) is 5.51. The molecular weight excluding hydrogens is 464 g/mol. The fraction of sp³-hybridized carbons (Fsp3) is 0.462. The number of hydrogen-bond donors (Lipinski definition) is 1. The van der Waals surface area contributed by atoms with Gasteiger partial charge in [-0.15, -0.1) is 0 Å². The first-order valence-electron chi connectivity index (χ1n) is 12.2. The molecular formula is C26H32N4O4S. The Balaban J connectivity index is 1.18. The average molecular weight is 497 g/mol. The fourth-order valence-electron chi connectivity index (χ4n) is 4.78. The highest BCUT2D eigenvalue weighted by atomic mass is 32.2. The van der Waals surface area contributed by atoms with E-state index in [-0.39, 0.29) is 11.0 Å². The van der Waals surface area contributed by atoms with Gasteiger partial charge in [0, 0.05) is 37.2 Å². The Hall–Kier alpha value is -2.91. The maximum atomic E-state index is 12.0. The highest BCUT2D eigenvalue weighted by Gasteiger charge is 2.23. The number of benzene rings is 2. The molecule has 2 aliphatic rings. The van der Waals surface area contributed by atoms with Crippen LogP contribution in [0, 0.1) is 6.92 Å². The number of aromatic nitrogens is 2. The number of anilines is 1. The van der Waals surface area contributed by atoms with Crippen LogP contribution in [0.1, 0.15) is 31.4 Å². The van der Waals surface area contributed by atoms with Crippen LogP contribution in [-0.2, 0) is 9.84 Å². The Morgan fingerprint density at radius 3 is 2.74 bits per heavy atom. The van der Waals surface area contributed by atoms with Crippen molar-refractivity contribution in [2.45, 2.75) is 49.6 Å². The minimum atomic E-state index is -3.29. The average Bonchev–Trinajstić information content (AvgIpc) is 3.09. The Morgan fingerprint density at radius 2 is 1.91 bits per heavy atom. The van der Waals surface area contributed by atoms with E-state index in [2.05, 4.69) is 10.2 Å². The summed E-state index contributed by atoms with van der Waals surface area (Å²) in [5.74, 6) is 2.31. The van der Waals surface area contributed by atoms with Gasteiger partial charge in [-0.05, 0) is 63.1 Å². The summed E-state index contributed by atoms with van der Waals surface area (Å²) < 4.78 is 35.9. The second-order valence-electron chi connectivity index (χ2n) is 9.42. The molecule has 1 aromatic heterocycles. The van der Waals surface area contributed by atoms with Gasteiger partial charge in [0.05, 0.1) is 16.1 Å². The summed E-state index contributed by atoms with van der Waals surface area (Å²) in [7, 11) is -3.29. The highest BCUT2D eigenvalue weighted by Crippen LogP contribution is 2.31. The SMILES string of the molecule is Cc1nc(N2CCCC(NCCC3COc4ccccc4O3)CC2)nc2cc(S(C)(=O)=O)ccc12. The number of hydrogen-bond acceptors (Lipinski definition) is 8. The van der Waals surface area contributed by atoms with Gasteiger partial charge in [0.1, 0.15) is 12.7 Å². The summed E-state index contributed by atoms with van der Waals surface area (Å²) in [6, 6.07) is 13.3. The van der Waals surface area contributed by atoms with Crippen LogP contribution in [0.4, 0.5) is 5.95 Å². The van der Waals surface area contributed by atoms with Gasteiger partial charge in [-0.1, -0.05) is 12.1 Å². The topological polar surface area (TPSA) is 93.7 Å².